The van der Waals surface area contributed by atoms with Gasteiger partial charge in [-0.15, -0.1) is 0 Å². The number of aromatic nitrogens is 2. The van der Waals surface area contributed by atoms with Crippen LogP contribution in [-0.4, -0.2) is 9.97 Å². The SMILES string of the molecule is Cc1ccc(F)cc1-c1nc(C)c(C(C)C)c(Cl)n1. The zero-order valence-corrected chi connectivity index (χ0v) is 12.2. The second-order valence-corrected chi connectivity index (χ2v) is 5.31. The summed E-state index contributed by atoms with van der Waals surface area (Å²) >= 11 is 6.23. The van der Waals surface area contributed by atoms with E-state index in [0.29, 0.717) is 16.5 Å². The van der Waals surface area contributed by atoms with Gasteiger partial charge in [-0.2, -0.15) is 0 Å². The second-order valence-electron chi connectivity index (χ2n) is 4.95. The molecule has 0 amide bonds. The van der Waals surface area contributed by atoms with E-state index < -0.39 is 0 Å². The number of hydrogen-bond donors (Lipinski definition) is 0. The van der Waals surface area contributed by atoms with E-state index in [4.69, 9.17) is 11.6 Å². The Bertz CT molecular complexity index is 601. The Morgan fingerprint density at radius 1 is 1.16 bits per heavy atom. The van der Waals surface area contributed by atoms with E-state index in [1.807, 2.05) is 27.7 Å². The van der Waals surface area contributed by atoms with Crippen LogP contribution >= 0.6 is 11.6 Å². The van der Waals surface area contributed by atoms with Gasteiger partial charge in [0.25, 0.3) is 0 Å². The molecule has 0 atom stereocenters. The minimum atomic E-state index is -0.300. The van der Waals surface area contributed by atoms with Gasteiger partial charge in [-0.3, -0.25) is 0 Å². The highest BCUT2D eigenvalue weighted by Crippen LogP contribution is 2.29. The first-order valence-electron chi connectivity index (χ1n) is 6.20. The highest BCUT2D eigenvalue weighted by atomic mass is 35.5. The van der Waals surface area contributed by atoms with Crippen LogP contribution in [0, 0.1) is 19.7 Å². The molecule has 2 nitrogen and oxygen atoms in total. The molecule has 2 rings (SSSR count). The van der Waals surface area contributed by atoms with Crippen molar-refractivity contribution in [3.05, 3.63) is 46.0 Å². The van der Waals surface area contributed by atoms with Gasteiger partial charge >= 0.3 is 0 Å². The highest BCUT2D eigenvalue weighted by molar-refractivity contribution is 6.30. The van der Waals surface area contributed by atoms with E-state index in [9.17, 15) is 4.39 Å². The minimum Gasteiger partial charge on any atom is -0.233 e. The molecule has 0 spiro atoms. The van der Waals surface area contributed by atoms with Crippen molar-refractivity contribution in [3.63, 3.8) is 0 Å². The first kappa shape index (κ1) is 13.9. The third kappa shape index (κ3) is 2.76. The first-order chi connectivity index (χ1) is 8.90. The molecule has 0 aliphatic heterocycles. The van der Waals surface area contributed by atoms with Gasteiger partial charge in [-0.1, -0.05) is 31.5 Å². The highest BCUT2D eigenvalue weighted by Gasteiger charge is 2.15. The van der Waals surface area contributed by atoms with Gasteiger partial charge < -0.3 is 0 Å². The van der Waals surface area contributed by atoms with Crippen LogP contribution in [0.2, 0.25) is 5.15 Å². The summed E-state index contributed by atoms with van der Waals surface area (Å²) in [5.74, 6) is 0.435. The molecule has 0 aliphatic rings. The zero-order chi connectivity index (χ0) is 14.2. The van der Waals surface area contributed by atoms with E-state index in [0.717, 1.165) is 16.8 Å². The summed E-state index contributed by atoms with van der Waals surface area (Å²) < 4.78 is 13.4. The van der Waals surface area contributed by atoms with Crippen LogP contribution in [0.1, 0.15) is 36.6 Å². The third-order valence-corrected chi connectivity index (χ3v) is 3.40. The molecular weight excluding hydrogens is 263 g/mol. The maximum absolute atomic E-state index is 13.4. The van der Waals surface area contributed by atoms with Crippen LogP contribution in [0.3, 0.4) is 0 Å². The summed E-state index contributed by atoms with van der Waals surface area (Å²) in [7, 11) is 0. The Labute approximate surface area is 117 Å². The molecule has 0 bridgehead atoms. The summed E-state index contributed by atoms with van der Waals surface area (Å²) in [6, 6.07) is 4.58. The first-order valence-corrected chi connectivity index (χ1v) is 6.58. The normalized spacial score (nSPS) is 11.1. The quantitative estimate of drug-likeness (QED) is 0.746. The van der Waals surface area contributed by atoms with Crippen molar-refractivity contribution < 1.29 is 4.39 Å². The lowest BCUT2D eigenvalue weighted by molar-refractivity contribution is 0.627. The van der Waals surface area contributed by atoms with Crippen LogP contribution in [0.5, 0.6) is 0 Å². The average molecular weight is 279 g/mol. The molecule has 0 radical (unpaired) electrons. The van der Waals surface area contributed by atoms with Crippen LogP contribution < -0.4 is 0 Å². The van der Waals surface area contributed by atoms with Crippen LogP contribution in [0.4, 0.5) is 4.39 Å². The Morgan fingerprint density at radius 2 is 1.84 bits per heavy atom. The van der Waals surface area contributed by atoms with E-state index in [1.54, 1.807) is 6.07 Å². The van der Waals surface area contributed by atoms with Crippen molar-refractivity contribution in [3.8, 4) is 11.4 Å². The van der Waals surface area contributed by atoms with Gasteiger partial charge in [-0.25, -0.2) is 14.4 Å². The van der Waals surface area contributed by atoms with Crippen molar-refractivity contribution in [1.29, 1.82) is 0 Å². The van der Waals surface area contributed by atoms with Crippen molar-refractivity contribution in [2.24, 2.45) is 0 Å². The monoisotopic (exact) mass is 278 g/mol. The molecule has 19 heavy (non-hydrogen) atoms. The minimum absolute atomic E-state index is 0.259. The lowest BCUT2D eigenvalue weighted by Crippen LogP contribution is -2.02. The van der Waals surface area contributed by atoms with Crippen molar-refractivity contribution in [2.75, 3.05) is 0 Å². The number of aryl methyl sites for hydroxylation is 2. The van der Waals surface area contributed by atoms with Gasteiger partial charge in [0.15, 0.2) is 5.82 Å². The molecule has 0 unspecified atom stereocenters. The van der Waals surface area contributed by atoms with Crippen molar-refractivity contribution in [2.45, 2.75) is 33.6 Å². The van der Waals surface area contributed by atoms with Crippen molar-refractivity contribution in [1.82, 2.24) is 9.97 Å². The zero-order valence-electron chi connectivity index (χ0n) is 11.5. The number of nitrogens with zero attached hydrogens (tertiary/aromatic N) is 2. The molecule has 2 aromatic rings. The van der Waals surface area contributed by atoms with E-state index in [1.165, 1.54) is 12.1 Å². The van der Waals surface area contributed by atoms with Crippen LogP contribution in [-0.2, 0) is 0 Å². The van der Waals surface area contributed by atoms with Gasteiger partial charge in [0, 0.05) is 16.8 Å². The molecular formula is C15H16ClFN2. The average Bonchev–Trinajstić information content (AvgIpc) is 2.30. The van der Waals surface area contributed by atoms with Crippen molar-refractivity contribution >= 4 is 11.6 Å². The maximum Gasteiger partial charge on any atom is 0.161 e. The van der Waals surface area contributed by atoms with Gasteiger partial charge in [0.1, 0.15) is 11.0 Å². The number of rotatable bonds is 2. The number of benzene rings is 1. The Kier molecular flexibility index (Phi) is 3.85. The Morgan fingerprint density at radius 3 is 2.42 bits per heavy atom. The number of halogens is 2. The fourth-order valence-electron chi connectivity index (χ4n) is 2.16. The van der Waals surface area contributed by atoms with E-state index in [2.05, 4.69) is 9.97 Å². The fraction of sp³-hybridized carbons (Fsp3) is 0.333. The summed E-state index contributed by atoms with van der Waals surface area (Å²) in [4.78, 5) is 8.78. The molecule has 0 saturated carbocycles. The molecule has 1 heterocycles. The lowest BCUT2D eigenvalue weighted by Gasteiger charge is -2.13. The predicted molar refractivity (Wildman–Crippen MR) is 76.0 cm³/mol. The third-order valence-electron chi connectivity index (χ3n) is 3.11. The standard InChI is InChI=1S/C15H16ClFN2/c1-8(2)13-10(4)18-15(19-14(13)16)12-7-11(17)6-5-9(12)3/h5-8H,1-4H3. The molecule has 4 heteroatoms. The fourth-order valence-corrected chi connectivity index (χ4v) is 2.59. The maximum atomic E-state index is 13.4. The van der Waals surface area contributed by atoms with Gasteiger partial charge in [0.05, 0.1) is 0 Å². The Hall–Kier alpha value is -1.48. The molecule has 0 aliphatic carbocycles. The summed E-state index contributed by atoms with van der Waals surface area (Å²) in [5.41, 5.74) is 3.39. The van der Waals surface area contributed by atoms with E-state index in [-0.39, 0.29) is 11.7 Å². The second kappa shape index (κ2) is 5.25. The van der Waals surface area contributed by atoms with E-state index >= 15 is 0 Å². The van der Waals surface area contributed by atoms with Gasteiger partial charge in [-0.05, 0) is 37.5 Å². The predicted octanol–water partition coefficient (Wildman–Crippen LogP) is 4.68. The molecule has 0 N–H and O–H groups in total. The molecule has 0 fully saturated rings. The summed E-state index contributed by atoms with van der Waals surface area (Å²) in [6.07, 6.45) is 0. The summed E-state index contributed by atoms with van der Waals surface area (Å²) in [6.45, 7) is 7.90. The Balaban J connectivity index is 2.62. The van der Waals surface area contributed by atoms with Gasteiger partial charge in [0.2, 0.25) is 0 Å². The molecule has 100 valence electrons. The molecule has 1 aromatic heterocycles. The molecule has 0 saturated heterocycles. The smallest absolute Gasteiger partial charge is 0.161 e. The molecule has 1 aromatic carbocycles. The largest absolute Gasteiger partial charge is 0.233 e. The summed E-state index contributed by atoms with van der Waals surface area (Å²) in [5, 5.41) is 0.446. The topological polar surface area (TPSA) is 25.8 Å². The number of hydrogen-bond acceptors (Lipinski definition) is 2. The van der Waals surface area contributed by atoms with Crippen LogP contribution in [0.15, 0.2) is 18.2 Å². The van der Waals surface area contributed by atoms with Crippen LogP contribution in [0.25, 0.3) is 11.4 Å². The lowest BCUT2D eigenvalue weighted by atomic mass is 10.0.